The predicted octanol–water partition coefficient (Wildman–Crippen LogP) is 1.83. The van der Waals surface area contributed by atoms with Crippen molar-refractivity contribution in [3.05, 3.63) is 66.2 Å². The summed E-state index contributed by atoms with van der Waals surface area (Å²) >= 11 is 0. The molecule has 0 bridgehead atoms. The van der Waals surface area contributed by atoms with Crippen molar-refractivity contribution in [3.8, 4) is 0 Å². The Kier molecular flexibility index (Phi) is 5.86. The van der Waals surface area contributed by atoms with Crippen molar-refractivity contribution in [3.63, 3.8) is 0 Å². The van der Waals surface area contributed by atoms with E-state index in [9.17, 15) is 8.42 Å². The van der Waals surface area contributed by atoms with Crippen LogP contribution in [0, 0.1) is 0 Å². The number of nitrogens with zero attached hydrogens (tertiary/aromatic N) is 1. The van der Waals surface area contributed by atoms with E-state index in [1.54, 1.807) is 24.3 Å². The van der Waals surface area contributed by atoms with E-state index in [4.69, 9.17) is 0 Å². The average Bonchev–Trinajstić information content (AvgIpc) is 2.78. The van der Waals surface area contributed by atoms with E-state index < -0.39 is 10.0 Å². The lowest BCUT2D eigenvalue weighted by molar-refractivity contribution is 0.203. The molecule has 0 aliphatic carbocycles. The Morgan fingerprint density at radius 3 is 2.36 bits per heavy atom. The lowest BCUT2D eigenvalue weighted by atomic mass is 10.1. The molecule has 2 atom stereocenters. The van der Waals surface area contributed by atoms with Crippen molar-refractivity contribution in [2.45, 2.75) is 30.4 Å². The zero-order chi connectivity index (χ0) is 17.7. The zero-order valence-corrected chi connectivity index (χ0v) is 15.2. The Morgan fingerprint density at radius 1 is 1.04 bits per heavy atom. The Labute approximate surface area is 150 Å². The fourth-order valence-electron chi connectivity index (χ4n) is 3.13. The second kappa shape index (κ2) is 8.10. The molecule has 0 amide bonds. The van der Waals surface area contributed by atoms with Crippen LogP contribution in [0.5, 0.6) is 0 Å². The normalized spacial score (nSPS) is 22.4. The van der Waals surface area contributed by atoms with Crippen molar-refractivity contribution < 1.29 is 8.42 Å². The molecule has 6 heteroatoms. The lowest BCUT2D eigenvalue weighted by Crippen LogP contribution is -2.46. The van der Waals surface area contributed by atoms with Crippen molar-refractivity contribution in [1.29, 1.82) is 0 Å². The molecule has 2 N–H and O–H groups in total. The topological polar surface area (TPSA) is 61.4 Å². The molecule has 1 aliphatic rings. The third-order valence-electron chi connectivity index (χ3n) is 4.51. The highest BCUT2D eigenvalue weighted by Gasteiger charge is 2.26. The van der Waals surface area contributed by atoms with Gasteiger partial charge in [-0.15, -0.1) is 0 Å². The number of hydrogen-bond donors (Lipinski definition) is 2. The van der Waals surface area contributed by atoms with Gasteiger partial charge in [-0.1, -0.05) is 48.5 Å². The number of nitrogens with one attached hydrogen (secondary N) is 2. The molecule has 0 saturated carbocycles. The molecule has 25 heavy (non-hydrogen) atoms. The van der Waals surface area contributed by atoms with E-state index >= 15 is 0 Å². The summed E-state index contributed by atoms with van der Waals surface area (Å²) in [4.78, 5) is 2.63. The van der Waals surface area contributed by atoms with Crippen molar-refractivity contribution >= 4 is 10.0 Å². The minimum Gasteiger partial charge on any atom is -0.314 e. The summed E-state index contributed by atoms with van der Waals surface area (Å²) in [5, 5.41) is 3.37. The molecule has 0 spiro atoms. The summed E-state index contributed by atoms with van der Waals surface area (Å²) in [5.41, 5.74) is 1.24. The molecule has 1 fully saturated rings. The third kappa shape index (κ3) is 4.89. The first kappa shape index (κ1) is 18.1. The van der Waals surface area contributed by atoms with Crippen LogP contribution in [-0.4, -0.2) is 45.0 Å². The first-order valence-electron chi connectivity index (χ1n) is 8.61. The highest BCUT2D eigenvalue weighted by atomic mass is 32.2. The summed E-state index contributed by atoms with van der Waals surface area (Å²) in [6, 6.07) is 19.0. The Hall–Kier alpha value is -1.73. The van der Waals surface area contributed by atoms with Gasteiger partial charge in [0, 0.05) is 38.3 Å². The Morgan fingerprint density at radius 2 is 1.68 bits per heavy atom. The fourth-order valence-corrected chi connectivity index (χ4v) is 4.38. The van der Waals surface area contributed by atoms with E-state index in [-0.39, 0.29) is 6.04 Å². The van der Waals surface area contributed by atoms with Crippen molar-refractivity contribution in [2.75, 3.05) is 19.6 Å². The van der Waals surface area contributed by atoms with Crippen LogP contribution in [0.1, 0.15) is 12.5 Å². The Bertz CT molecular complexity index is 766. The van der Waals surface area contributed by atoms with E-state index in [2.05, 4.69) is 34.0 Å². The van der Waals surface area contributed by atoms with Gasteiger partial charge in [0.25, 0.3) is 0 Å². The standard InChI is InChI=1S/C19H25N3O2S/c1-16-12-20-13-18(15-22(16)14-17-8-4-2-5-9-17)21-25(23,24)19-10-6-3-7-11-19/h2-11,16,18,20-21H,12-15H2,1H3. The van der Waals surface area contributed by atoms with Gasteiger partial charge >= 0.3 is 0 Å². The van der Waals surface area contributed by atoms with Gasteiger partial charge < -0.3 is 5.32 Å². The molecule has 5 nitrogen and oxygen atoms in total. The predicted molar refractivity (Wildman–Crippen MR) is 99.7 cm³/mol. The van der Waals surface area contributed by atoms with E-state index in [0.29, 0.717) is 24.0 Å². The second-order valence-corrected chi connectivity index (χ2v) is 8.27. The van der Waals surface area contributed by atoms with Crippen LogP contribution in [0.4, 0.5) is 0 Å². The third-order valence-corrected chi connectivity index (χ3v) is 6.05. The quantitative estimate of drug-likeness (QED) is 0.855. The maximum atomic E-state index is 12.6. The molecular weight excluding hydrogens is 334 g/mol. The minimum absolute atomic E-state index is 0.168. The van der Waals surface area contributed by atoms with Crippen LogP contribution in [0.15, 0.2) is 65.6 Å². The summed E-state index contributed by atoms with van der Waals surface area (Å²) < 4.78 is 28.1. The number of sulfonamides is 1. The molecule has 1 heterocycles. The molecule has 0 aromatic heterocycles. The van der Waals surface area contributed by atoms with Gasteiger partial charge in [0.1, 0.15) is 0 Å². The highest BCUT2D eigenvalue weighted by Crippen LogP contribution is 2.13. The fraction of sp³-hybridized carbons (Fsp3) is 0.368. The molecule has 1 saturated heterocycles. The molecule has 3 rings (SSSR count). The van der Waals surface area contributed by atoms with E-state index in [0.717, 1.165) is 13.1 Å². The Balaban J connectivity index is 1.71. The van der Waals surface area contributed by atoms with Crippen LogP contribution in [-0.2, 0) is 16.6 Å². The number of rotatable bonds is 5. The molecule has 2 aromatic rings. The van der Waals surface area contributed by atoms with Crippen LogP contribution >= 0.6 is 0 Å². The SMILES string of the molecule is CC1CNCC(NS(=O)(=O)c2ccccc2)CN1Cc1ccccc1. The smallest absolute Gasteiger partial charge is 0.240 e. The van der Waals surface area contributed by atoms with Gasteiger partial charge in [-0.05, 0) is 24.6 Å². The summed E-state index contributed by atoms with van der Waals surface area (Å²) in [6.07, 6.45) is 0. The summed E-state index contributed by atoms with van der Waals surface area (Å²) in [6.45, 7) is 5.13. The number of hydrogen-bond acceptors (Lipinski definition) is 4. The van der Waals surface area contributed by atoms with Gasteiger partial charge in [0.15, 0.2) is 0 Å². The summed E-state index contributed by atoms with van der Waals surface area (Å²) in [5.74, 6) is 0. The largest absolute Gasteiger partial charge is 0.314 e. The van der Waals surface area contributed by atoms with Crippen LogP contribution < -0.4 is 10.0 Å². The van der Waals surface area contributed by atoms with E-state index in [1.807, 2.05) is 24.3 Å². The van der Waals surface area contributed by atoms with Crippen molar-refractivity contribution in [2.24, 2.45) is 0 Å². The molecule has 2 unspecified atom stereocenters. The molecule has 1 aliphatic heterocycles. The van der Waals surface area contributed by atoms with Crippen LogP contribution in [0.3, 0.4) is 0 Å². The maximum Gasteiger partial charge on any atom is 0.240 e. The minimum atomic E-state index is -3.51. The van der Waals surface area contributed by atoms with Gasteiger partial charge in [0.05, 0.1) is 4.90 Å². The molecular formula is C19H25N3O2S. The maximum absolute atomic E-state index is 12.6. The van der Waals surface area contributed by atoms with E-state index in [1.165, 1.54) is 5.56 Å². The zero-order valence-electron chi connectivity index (χ0n) is 14.4. The first-order valence-corrected chi connectivity index (χ1v) is 10.1. The molecule has 134 valence electrons. The lowest BCUT2D eigenvalue weighted by Gasteiger charge is -2.29. The van der Waals surface area contributed by atoms with Crippen molar-refractivity contribution in [1.82, 2.24) is 14.9 Å². The number of benzene rings is 2. The van der Waals surface area contributed by atoms with Gasteiger partial charge in [0.2, 0.25) is 10.0 Å². The summed E-state index contributed by atoms with van der Waals surface area (Å²) in [7, 11) is -3.51. The highest BCUT2D eigenvalue weighted by molar-refractivity contribution is 7.89. The first-order chi connectivity index (χ1) is 12.0. The average molecular weight is 359 g/mol. The molecule has 2 aromatic carbocycles. The second-order valence-electron chi connectivity index (χ2n) is 6.55. The monoisotopic (exact) mass is 359 g/mol. The van der Waals surface area contributed by atoms with Gasteiger partial charge in [-0.25, -0.2) is 13.1 Å². The van der Waals surface area contributed by atoms with Gasteiger partial charge in [-0.3, -0.25) is 4.90 Å². The van der Waals surface area contributed by atoms with Gasteiger partial charge in [-0.2, -0.15) is 0 Å². The van der Waals surface area contributed by atoms with Crippen LogP contribution in [0.2, 0.25) is 0 Å². The molecule has 0 radical (unpaired) electrons. The van der Waals surface area contributed by atoms with Crippen LogP contribution in [0.25, 0.3) is 0 Å².